The third-order valence-electron chi connectivity index (χ3n) is 12.4. The van der Waals surface area contributed by atoms with Gasteiger partial charge in [-0.1, -0.05) is 176 Å². The van der Waals surface area contributed by atoms with Gasteiger partial charge in [-0.3, -0.25) is 4.90 Å². The number of anilines is 3. The maximum Gasteiger partial charge on any atom is 0.238 e. The fourth-order valence-electron chi connectivity index (χ4n) is 9.51. The van der Waals surface area contributed by atoms with Crippen LogP contribution in [-0.2, 0) is 0 Å². The number of nitrogens with zero attached hydrogens (tertiary/aromatic N) is 5. The fourth-order valence-corrected chi connectivity index (χ4v) is 10.8. The predicted octanol–water partition coefficient (Wildman–Crippen LogP) is 15.7. The van der Waals surface area contributed by atoms with Gasteiger partial charge in [0.1, 0.15) is 0 Å². The maximum absolute atomic E-state index is 5.66. The van der Waals surface area contributed by atoms with Gasteiger partial charge in [-0.05, 0) is 75.2 Å². The van der Waals surface area contributed by atoms with Crippen LogP contribution in [0.1, 0.15) is 0 Å². The third kappa shape index (κ3) is 5.84. The van der Waals surface area contributed by atoms with Crippen molar-refractivity contribution in [2.24, 2.45) is 0 Å². The van der Waals surface area contributed by atoms with Gasteiger partial charge in [0.05, 0.1) is 22.6 Å². The van der Waals surface area contributed by atoms with Crippen molar-refractivity contribution in [2.45, 2.75) is 0 Å². The highest BCUT2D eigenvalue weighted by Crippen LogP contribution is 2.53. The Morgan fingerprint density at radius 3 is 1.72 bits per heavy atom. The number of rotatable bonds is 6. The molecule has 298 valence electrons. The summed E-state index contributed by atoms with van der Waals surface area (Å²) >= 11 is 1.85. The summed E-state index contributed by atoms with van der Waals surface area (Å²) in [4.78, 5) is 23.6. The maximum atomic E-state index is 5.66. The average Bonchev–Trinajstić information content (AvgIpc) is 3.76. The highest BCUT2D eigenvalue weighted by atomic mass is 32.1. The van der Waals surface area contributed by atoms with E-state index in [1.807, 2.05) is 47.7 Å². The SMILES string of the molecule is c1ccc(-c2cccc(-c3cccc4nc5c6c(cccc6c34)N(c3nc(-c4ccccc4)nc(-c4ccccc4)n3)c3ccc(-c4cccc6c4sc4ccccc46)cc3-5)c2)cc1. The van der Waals surface area contributed by atoms with Crippen molar-refractivity contribution in [3.8, 4) is 67.4 Å². The van der Waals surface area contributed by atoms with Crippen molar-refractivity contribution in [1.29, 1.82) is 0 Å². The molecule has 0 N–H and O–H groups in total. The average molecular weight is 834 g/mol. The summed E-state index contributed by atoms with van der Waals surface area (Å²) in [5.41, 5.74) is 13.6. The van der Waals surface area contributed by atoms with E-state index in [9.17, 15) is 0 Å². The van der Waals surface area contributed by atoms with Crippen LogP contribution >= 0.6 is 11.3 Å². The van der Waals surface area contributed by atoms with E-state index >= 15 is 0 Å². The third-order valence-corrected chi connectivity index (χ3v) is 13.7. The Labute approximate surface area is 373 Å². The molecular weight excluding hydrogens is 799 g/mol. The first kappa shape index (κ1) is 36.3. The van der Waals surface area contributed by atoms with Gasteiger partial charge in [0.25, 0.3) is 0 Å². The molecule has 1 aliphatic heterocycles. The van der Waals surface area contributed by atoms with Crippen molar-refractivity contribution < 1.29 is 0 Å². The number of hydrogen-bond donors (Lipinski definition) is 0. The molecule has 5 nitrogen and oxygen atoms in total. The van der Waals surface area contributed by atoms with Gasteiger partial charge in [-0.15, -0.1) is 11.3 Å². The number of aromatic nitrogens is 4. The van der Waals surface area contributed by atoms with Gasteiger partial charge in [0.2, 0.25) is 5.95 Å². The summed E-state index contributed by atoms with van der Waals surface area (Å²) < 4.78 is 2.55. The van der Waals surface area contributed by atoms with Gasteiger partial charge in [0.15, 0.2) is 11.6 Å². The van der Waals surface area contributed by atoms with Crippen molar-refractivity contribution in [2.75, 3.05) is 4.90 Å². The van der Waals surface area contributed by atoms with E-state index in [0.717, 1.165) is 72.1 Å². The molecule has 0 atom stereocenters. The lowest BCUT2D eigenvalue weighted by Gasteiger charge is -2.32. The zero-order valence-corrected chi connectivity index (χ0v) is 35.2. The van der Waals surface area contributed by atoms with E-state index in [1.54, 1.807) is 0 Å². The number of pyridine rings is 1. The van der Waals surface area contributed by atoms with Gasteiger partial charge in [-0.2, -0.15) is 9.97 Å². The largest absolute Gasteiger partial charge is 0.278 e. The smallest absolute Gasteiger partial charge is 0.238 e. The van der Waals surface area contributed by atoms with Crippen LogP contribution in [0.4, 0.5) is 17.3 Å². The Morgan fingerprint density at radius 2 is 0.938 bits per heavy atom. The van der Waals surface area contributed by atoms with Crippen LogP contribution in [0.5, 0.6) is 0 Å². The monoisotopic (exact) mass is 833 g/mol. The molecule has 0 saturated heterocycles. The van der Waals surface area contributed by atoms with E-state index in [2.05, 4.69) is 181 Å². The van der Waals surface area contributed by atoms with Crippen LogP contribution in [0.3, 0.4) is 0 Å². The number of benzene rings is 9. The molecule has 0 amide bonds. The van der Waals surface area contributed by atoms with E-state index in [-0.39, 0.29) is 0 Å². The minimum absolute atomic E-state index is 0.537. The second kappa shape index (κ2) is 14.7. The molecule has 0 fully saturated rings. The lowest BCUT2D eigenvalue weighted by Crippen LogP contribution is -2.19. The van der Waals surface area contributed by atoms with E-state index in [1.165, 1.54) is 36.9 Å². The molecular formula is C58H35N5S. The van der Waals surface area contributed by atoms with E-state index < -0.39 is 0 Å². The molecule has 13 rings (SSSR count). The minimum Gasteiger partial charge on any atom is -0.278 e. The van der Waals surface area contributed by atoms with Gasteiger partial charge < -0.3 is 0 Å². The second-order valence-electron chi connectivity index (χ2n) is 16.2. The van der Waals surface area contributed by atoms with Crippen LogP contribution < -0.4 is 4.90 Å². The highest BCUT2D eigenvalue weighted by Gasteiger charge is 2.31. The number of thiophene rings is 1. The molecule has 3 aromatic heterocycles. The van der Waals surface area contributed by atoms with Crippen LogP contribution in [0.2, 0.25) is 0 Å². The first-order valence-corrected chi connectivity index (χ1v) is 22.3. The second-order valence-corrected chi connectivity index (χ2v) is 17.2. The van der Waals surface area contributed by atoms with Crippen LogP contribution in [-0.4, -0.2) is 19.9 Å². The molecule has 0 unspecified atom stereocenters. The zero-order valence-electron chi connectivity index (χ0n) is 34.4. The predicted molar refractivity (Wildman–Crippen MR) is 266 cm³/mol. The van der Waals surface area contributed by atoms with Crippen molar-refractivity contribution in [1.82, 2.24) is 19.9 Å². The molecule has 6 heteroatoms. The quantitative estimate of drug-likeness (QED) is 0.156. The fraction of sp³-hybridized carbons (Fsp3) is 0. The Balaban J connectivity index is 1.10. The van der Waals surface area contributed by atoms with Gasteiger partial charge in [-0.25, -0.2) is 9.97 Å². The van der Waals surface area contributed by atoms with Gasteiger partial charge >= 0.3 is 0 Å². The van der Waals surface area contributed by atoms with Crippen LogP contribution in [0.15, 0.2) is 212 Å². The Hall–Kier alpha value is -8.32. The van der Waals surface area contributed by atoms with Gasteiger partial charge in [0, 0.05) is 47.6 Å². The first-order valence-electron chi connectivity index (χ1n) is 21.5. The zero-order chi connectivity index (χ0) is 42.1. The highest BCUT2D eigenvalue weighted by molar-refractivity contribution is 7.26. The van der Waals surface area contributed by atoms with Crippen molar-refractivity contribution >= 4 is 70.5 Å². The standard InChI is InChI=1S/C58H35N5S/c1-4-16-36(17-5-1)39-22-12-23-40(34-39)42-25-14-29-48-52(42)46-28-15-30-50-53(46)54(59-48)47-35-41(43-26-13-27-45-44-24-10-11-31-51(44)64-55(43)45)32-33-49(47)63(50)58-61-56(37-18-6-2-7-19-37)60-57(62-58)38-20-8-3-9-21-38/h1-35H. The number of fused-ring (bicyclic) bond motifs is 7. The molecule has 0 aliphatic carbocycles. The van der Waals surface area contributed by atoms with Crippen molar-refractivity contribution in [3.63, 3.8) is 0 Å². The Kier molecular flexibility index (Phi) is 8.32. The topological polar surface area (TPSA) is 54.8 Å². The summed E-state index contributed by atoms with van der Waals surface area (Å²) in [5.74, 6) is 1.75. The first-order chi connectivity index (χ1) is 31.7. The molecule has 1 aliphatic rings. The molecule has 9 aromatic carbocycles. The van der Waals surface area contributed by atoms with Crippen LogP contribution in [0, 0.1) is 0 Å². The summed E-state index contributed by atoms with van der Waals surface area (Å²) in [5, 5.41) is 5.82. The normalized spacial score (nSPS) is 12.0. The summed E-state index contributed by atoms with van der Waals surface area (Å²) in [6, 6.07) is 75.0. The molecule has 64 heavy (non-hydrogen) atoms. The summed E-state index contributed by atoms with van der Waals surface area (Å²) in [6.07, 6.45) is 0. The molecule has 12 aromatic rings. The molecule has 4 heterocycles. The molecule has 0 radical (unpaired) electrons. The lowest BCUT2D eigenvalue weighted by molar-refractivity contribution is 1.02. The molecule has 0 spiro atoms. The lowest BCUT2D eigenvalue weighted by atomic mass is 9.89. The van der Waals surface area contributed by atoms with Crippen molar-refractivity contribution in [3.05, 3.63) is 212 Å². The minimum atomic E-state index is 0.537. The van der Waals surface area contributed by atoms with E-state index in [4.69, 9.17) is 19.9 Å². The Morgan fingerprint density at radius 1 is 0.344 bits per heavy atom. The molecule has 0 bridgehead atoms. The van der Waals surface area contributed by atoms with E-state index in [0.29, 0.717) is 17.6 Å². The summed E-state index contributed by atoms with van der Waals surface area (Å²) in [7, 11) is 0. The molecule has 0 saturated carbocycles. The number of hydrogen-bond acceptors (Lipinski definition) is 6. The Bertz CT molecular complexity index is 3730. The van der Waals surface area contributed by atoms with Crippen LogP contribution in [0.25, 0.3) is 109 Å². The summed E-state index contributed by atoms with van der Waals surface area (Å²) in [6.45, 7) is 0.